The maximum absolute atomic E-state index is 13.6. The van der Waals surface area contributed by atoms with E-state index in [4.69, 9.17) is 0 Å². The fourth-order valence-electron chi connectivity index (χ4n) is 3.69. The maximum atomic E-state index is 13.6. The zero-order valence-electron chi connectivity index (χ0n) is 12.6. The van der Waals surface area contributed by atoms with Crippen LogP contribution in [0.3, 0.4) is 0 Å². The predicted molar refractivity (Wildman–Crippen MR) is 81.2 cm³/mol. The van der Waals surface area contributed by atoms with Crippen LogP contribution in [0.2, 0.25) is 0 Å². The van der Waals surface area contributed by atoms with E-state index < -0.39 is 11.6 Å². The predicted octanol–water partition coefficient (Wildman–Crippen LogP) is 3.75. The zero-order valence-corrected chi connectivity index (χ0v) is 12.6. The Kier molecular flexibility index (Phi) is 3.39. The van der Waals surface area contributed by atoms with Gasteiger partial charge < -0.3 is 5.32 Å². The molecule has 2 heterocycles. The highest BCUT2D eigenvalue weighted by molar-refractivity contribution is 5.94. The number of hydrogen-bond acceptors (Lipinski definition) is 2. The molecule has 1 aromatic carbocycles. The molecule has 0 unspecified atom stereocenters. The highest BCUT2D eigenvalue weighted by Crippen LogP contribution is 2.40. The number of carbonyl (C=O) groups is 1. The summed E-state index contributed by atoms with van der Waals surface area (Å²) in [6, 6.07) is 4.13. The first-order valence-electron chi connectivity index (χ1n) is 7.95. The van der Waals surface area contributed by atoms with E-state index in [9.17, 15) is 13.6 Å². The lowest BCUT2D eigenvalue weighted by molar-refractivity contribution is -0.116. The summed E-state index contributed by atoms with van der Waals surface area (Å²) >= 11 is 0. The minimum atomic E-state index is -0.891. The highest BCUT2D eigenvalue weighted by Gasteiger charge is 2.32. The Balaban J connectivity index is 1.76. The molecule has 6 heteroatoms. The molecule has 2 aromatic rings. The third kappa shape index (κ3) is 2.42. The van der Waals surface area contributed by atoms with Gasteiger partial charge in [0, 0.05) is 17.9 Å². The summed E-state index contributed by atoms with van der Waals surface area (Å²) in [5, 5.41) is 7.37. The van der Waals surface area contributed by atoms with Gasteiger partial charge in [-0.2, -0.15) is 5.10 Å². The molecule has 1 fully saturated rings. The Labute approximate surface area is 132 Å². The highest BCUT2D eigenvalue weighted by atomic mass is 19.2. The van der Waals surface area contributed by atoms with Crippen LogP contribution >= 0.6 is 0 Å². The van der Waals surface area contributed by atoms with Crippen molar-refractivity contribution in [1.29, 1.82) is 0 Å². The number of nitrogens with zero attached hydrogens (tertiary/aromatic N) is 2. The van der Waals surface area contributed by atoms with Crippen LogP contribution in [-0.2, 0) is 4.79 Å². The molecule has 0 bridgehead atoms. The second kappa shape index (κ2) is 5.44. The van der Waals surface area contributed by atoms with E-state index in [1.54, 1.807) is 12.3 Å². The first-order chi connectivity index (χ1) is 11.1. The van der Waals surface area contributed by atoms with Crippen molar-refractivity contribution in [1.82, 2.24) is 9.78 Å². The van der Waals surface area contributed by atoms with Crippen molar-refractivity contribution in [3.05, 3.63) is 47.2 Å². The average molecular weight is 317 g/mol. The first kappa shape index (κ1) is 14.4. The van der Waals surface area contributed by atoms with Gasteiger partial charge in [-0.25, -0.2) is 13.5 Å². The number of benzene rings is 1. The van der Waals surface area contributed by atoms with E-state index >= 15 is 0 Å². The van der Waals surface area contributed by atoms with Gasteiger partial charge in [0.25, 0.3) is 0 Å². The fourth-order valence-corrected chi connectivity index (χ4v) is 3.69. The lowest BCUT2D eigenvalue weighted by Crippen LogP contribution is -2.25. The number of aromatic nitrogens is 2. The van der Waals surface area contributed by atoms with Gasteiger partial charge in [0.1, 0.15) is 5.82 Å². The Hall–Kier alpha value is -2.24. The number of halogens is 2. The summed E-state index contributed by atoms with van der Waals surface area (Å²) in [4.78, 5) is 12.1. The molecule has 1 aliphatic heterocycles. The monoisotopic (exact) mass is 317 g/mol. The fraction of sp³-hybridized carbons (Fsp3) is 0.412. The Morgan fingerprint density at radius 3 is 2.70 bits per heavy atom. The summed E-state index contributed by atoms with van der Waals surface area (Å²) in [5.41, 5.74) is 1.48. The van der Waals surface area contributed by atoms with Crippen LogP contribution in [0, 0.1) is 11.6 Å². The van der Waals surface area contributed by atoms with Crippen LogP contribution in [0.4, 0.5) is 14.6 Å². The molecular formula is C17H17F2N3O. The van der Waals surface area contributed by atoms with E-state index in [0.717, 1.165) is 24.5 Å². The molecule has 1 amide bonds. The molecule has 0 saturated heterocycles. The van der Waals surface area contributed by atoms with E-state index in [0.29, 0.717) is 17.4 Å². The van der Waals surface area contributed by atoms with Crippen LogP contribution in [0.5, 0.6) is 0 Å². The van der Waals surface area contributed by atoms with Crippen molar-refractivity contribution in [2.24, 2.45) is 0 Å². The van der Waals surface area contributed by atoms with Crippen LogP contribution in [0.1, 0.15) is 55.2 Å². The van der Waals surface area contributed by atoms with Gasteiger partial charge >= 0.3 is 0 Å². The van der Waals surface area contributed by atoms with Crippen molar-refractivity contribution in [3.8, 4) is 0 Å². The second-order valence-electron chi connectivity index (χ2n) is 6.31. The van der Waals surface area contributed by atoms with Crippen molar-refractivity contribution in [2.75, 3.05) is 5.32 Å². The quantitative estimate of drug-likeness (QED) is 0.917. The van der Waals surface area contributed by atoms with Gasteiger partial charge in [0.15, 0.2) is 11.6 Å². The van der Waals surface area contributed by atoms with Gasteiger partial charge in [-0.1, -0.05) is 18.9 Å². The molecule has 1 aromatic heterocycles. The molecule has 1 atom stereocenters. The van der Waals surface area contributed by atoms with E-state index in [1.165, 1.54) is 18.9 Å². The molecule has 0 radical (unpaired) electrons. The van der Waals surface area contributed by atoms with Crippen molar-refractivity contribution in [3.63, 3.8) is 0 Å². The van der Waals surface area contributed by atoms with E-state index in [1.807, 2.05) is 4.68 Å². The molecule has 4 rings (SSSR count). The maximum Gasteiger partial charge on any atom is 0.226 e. The molecule has 1 saturated carbocycles. The van der Waals surface area contributed by atoms with Crippen LogP contribution < -0.4 is 5.32 Å². The molecule has 2 aliphatic rings. The number of nitrogens with one attached hydrogen (secondary N) is 1. The molecule has 4 nitrogen and oxygen atoms in total. The third-order valence-corrected chi connectivity index (χ3v) is 4.86. The number of carbonyl (C=O) groups excluding carboxylic acids is 1. The van der Waals surface area contributed by atoms with Gasteiger partial charge in [-0.15, -0.1) is 0 Å². The van der Waals surface area contributed by atoms with E-state index in [-0.39, 0.29) is 18.2 Å². The number of amides is 1. The number of hydrogen-bond donors (Lipinski definition) is 1. The number of rotatable bonds is 2. The molecule has 1 aliphatic carbocycles. The van der Waals surface area contributed by atoms with Crippen molar-refractivity contribution < 1.29 is 13.6 Å². The van der Waals surface area contributed by atoms with Crippen LogP contribution in [-0.4, -0.2) is 15.7 Å². The minimum Gasteiger partial charge on any atom is -0.311 e. The van der Waals surface area contributed by atoms with Crippen LogP contribution in [0.15, 0.2) is 24.4 Å². The summed E-state index contributed by atoms with van der Waals surface area (Å²) in [7, 11) is 0. The molecule has 0 spiro atoms. The standard InChI is InChI=1S/C17H17F2N3O/c18-14-6-5-10(7-15(14)19)12-8-16(23)21-17-13(12)9-20-22(17)11-3-1-2-4-11/h5-7,9,11-12H,1-4,8H2,(H,21,23)/t12-/m0/s1. The largest absolute Gasteiger partial charge is 0.311 e. The topological polar surface area (TPSA) is 46.9 Å². The summed E-state index contributed by atoms with van der Waals surface area (Å²) in [6.07, 6.45) is 6.41. The minimum absolute atomic E-state index is 0.119. The Bertz CT molecular complexity index is 765. The normalized spacial score (nSPS) is 21.3. The molecule has 120 valence electrons. The SMILES string of the molecule is O=C1C[C@@H](c2ccc(F)c(F)c2)c2cnn(C3CCCC3)c2N1. The van der Waals surface area contributed by atoms with E-state index in [2.05, 4.69) is 10.4 Å². The van der Waals surface area contributed by atoms with Crippen LogP contribution in [0.25, 0.3) is 0 Å². The summed E-state index contributed by atoms with van der Waals surface area (Å²) in [6.45, 7) is 0. The van der Waals surface area contributed by atoms with Gasteiger partial charge in [0.2, 0.25) is 5.91 Å². The molecule has 1 N–H and O–H groups in total. The summed E-state index contributed by atoms with van der Waals surface area (Å²) in [5.74, 6) is -1.46. The van der Waals surface area contributed by atoms with Gasteiger partial charge in [-0.3, -0.25) is 4.79 Å². The first-order valence-corrected chi connectivity index (χ1v) is 7.95. The Morgan fingerprint density at radius 1 is 1.17 bits per heavy atom. The lowest BCUT2D eigenvalue weighted by Gasteiger charge is -2.25. The van der Waals surface area contributed by atoms with Crippen molar-refractivity contribution in [2.45, 2.75) is 44.1 Å². The molecular weight excluding hydrogens is 300 g/mol. The summed E-state index contributed by atoms with van der Waals surface area (Å²) < 4.78 is 28.6. The third-order valence-electron chi connectivity index (χ3n) is 4.86. The number of anilines is 1. The smallest absolute Gasteiger partial charge is 0.226 e. The number of fused-ring (bicyclic) bond motifs is 1. The van der Waals surface area contributed by atoms with Gasteiger partial charge in [0.05, 0.1) is 12.2 Å². The molecule has 23 heavy (non-hydrogen) atoms. The second-order valence-corrected chi connectivity index (χ2v) is 6.31. The average Bonchev–Trinajstić information content (AvgIpc) is 3.17. The van der Waals surface area contributed by atoms with Gasteiger partial charge in [-0.05, 0) is 30.5 Å². The lowest BCUT2D eigenvalue weighted by atomic mass is 9.87. The zero-order chi connectivity index (χ0) is 16.0. The van der Waals surface area contributed by atoms with Crippen molar-refractivity contribution >= 4 is 11.7 Å². The Morgan fingerprint density at radius 2 is 1.96 bits per heavy atom.